The Labute approximate surface area is 124 Å². The van der Waals surface area contributed by atoms with Gasteiger partial charge >= 0.3 is 0 Å². The lowest BCUT2D eigenvalue weighted by molar-refractivity contribution is -0.118. The van der Waals surface area contributed by atoms with Crippen LogP contribution in [0.5, 0.6) is 0 Å². The molecular formula is C16H21N3O2. The summed E-state index contributed by atoms with van der Waals surface area (Å²) >= 11 is 0. The van der Waals surface area contributed by atoms with Gasteiger partial charge in [-0.3, -0.25) is 4.79 Å². The van der Waals surface area contributed by atoms with Gasteiger partial charge in [0.25, 0.3) is 0 Å². The van der Waals surface area contributed by atoms with E-state index in [-0.39, 0.29) is 11.9 Å². The summed E-state index contributed by atoms with van der Waals surface area (Å²) in [5.74, 6) is 0.663. The molecule has 0 bridgehead atoms. The molecule has 21 heavy (non-hydrogen) atoms. The van der Waals surface area contributed by atoms with Crippen LogP contribution in [-0.4, -0.2) is 29.2 Å². The van der Waals surface area contributed by atoms with Gasteiger partial charge in [0.05, 0.1) is 23.7 Å². The summed E-state index contributed by atoms with van der Waals surface area (Å²) in [6.45, 7) is 8.56. The monoisotopic (exact) mass is 287 g/mol. The van der Waals surface area contributed by atoms with Crippen molar-refractivity contribution in [2.75, 3.05) is 13.7 Å². The number of methoxy groups -OCH3 is 1. The molecule has 5 heteroatoms. The van der Waals surface area contributed by atoms with Gasteiger partial charge < -0.3 is 14.6 Å². The number of benzene rings is 1. The molecule has 1 aromatic carbocycles. The molecule has 1 atom stereocenters. The molecular weight excluding hydrogens is 266 g/mol. The number of hydrogen-bond donors (Lipinski definition) is 1. The van der Waals surface area contributed by atoms with Crippen molar-refractivity contribution in [1.82, 2.24) is 14.9 Å². The molecule has 5 nitrogen and oxygen atoms in total. The molecule has 1 heterocycles. The summed E-state index contributed by atoms with van der Waals surface area (Å²) in [6.07, 6.45) is 0. The van der Waals surface area contributed by atoms with Gasteiger partial charge in [0.2, 0.25) is 5.91 Å². The molecule has 1 amide bonds. The summed E-state index contributed by atoms with van der Waals surface area (Å²) in [5.41, 5.74) is 2.45. The number of carbonyl (C=O) groups excluding carboxylic acids is 1. The maximum Gasteiger partial charge on any atom is 0.246 e. The fourth-order valence-corrected chi connectivity index (χ4v) is 2.23. The van der Waals surface area contributed by atoms with Gasteiger partial charge in [0.15, 0.2) is 0 Å². The predicted molar refractivity (Wildman–Crippen MR) is 83.0 cm³/mol. The van der Waals surface area contributed by atoms with E-state index in [2.05, 4.69) is 21.4 Å². The number of nitrogens with one attached hydrogen (secondary N) is 1. The van der Waals surface area contributed by atoms with Crippen LogP contribution in [0.3, 0.4) is 0 Å². The first-order chi connectivity index (χ1) is 10.0. The molecule has 1 unspecified atom stereocenters. The normalized spacial score (nSPS) is 12.3. The first-order valence-corrected chi connectivity index (χ1v) is 6.95. The van der Waals surface area contributed by atoms with E-state index in [0.29, 0.717) is 18.7 Å². The number of imidazole rings is 1. The number of ether oxygens (including phenoxy) is 1. The summed E-state index contributed by atoms with van der Waals surface area (Å²) < 4.78 is 7.25. The van der Waals surface area contributed by atoms with Crippen LogP contribution in [-0.2, 0) is 16.1 Å². The lowest BCUT2D eigenvalue weighted by Gasteiger charge is -2.16. The smallest absolute Gasteiger partial charge is 0.246 e. The maximum absolute atomic E-state index is 11.8. The van der Waals surface area contributed by atoms with Gasteiger partial charge in [-0.25, -0.2) is 4.98 Å². The third kappa shape index (κ3) is 3.31. The first-order valence-electron chi connectivity index (χ1n) is 6.95. The second-order valence-corrected chi connectivity index (χ2v) is 5.08. The number of aromatic nitrogens is 2. The molecule has 2 rings (SSSR count). The van der Waals surface area contributed by atoms with Crippen LogP contribution < -0.4 is 5.32 Å². The van der Waals surface area contributed by atoms with Crippen molar-refractivity contribution in [2.24, 2.45) is 0 Å². The lowest BCUT2D eigenvalue weighted by Crippen LogP contribution is -2.29. The van der Waals surface area contributed by atoms with E-state index in [1.165, 1.54) is 0 Å². The average Bonchev–Trinajstić information content (AvgIpc) is 2.83. The van der Waals surface area contributed by atoms with Crippen LogP contribution in [0, 0.1) is 0 Å². The number of rotatable bonds is 6. The quantitative estimate of drug-likeness (QED) is 0.830. The Hall–Kier alpha value is -2.14. The zero-order valence-electron chi connectivity index (χ0n) is 12.7. The van der Waals surface area contributed by atoms with E-state index >= 15 is 0 Å². The number of nitrogens with zero attached hydrogens (tertiary/aromatic N) is 2. The van der Waals surface area contributed by atoms with E-state index < -0.39 is 0 Å². The Balaban J connectivity index is 2.36. The van der Waals surface area contributed by atoms with Crippen molar-refractivity contribution in [3.63, 3.8) is 0 Å². The van der Waals surface area contributed by atoms with Gasteiger partial charge in [0, 0.05) is 19.2 Å². The van der Waals surface area contributed by atoms with Crippen molar-refractivity contribution < 1.29 is 9.53 Å². The minimum Gasteiger partial charge on any atom is -0.383 e. The summed E-state index contributed by atoms with van der Waals surface area (Å²) in [6, 6.07) is 7.73. The summed E-state index contributed by atoms with van der Waals surface area (Å²) in [4.78, 5) is 16.4. The second-order valence-electron chi connectivity index (χ2n) is 5.08. The summed E-state index contributed by atoms with van der Waals surface area (Å²) in [5, 5.41) is 2.91. The molecule has 0 saturated heterocycles. The Morgan fingerprint density at radius 1 is 1.48 bits per heavy atom. The topological polar surface area (TPSA) is 56.2 Å². The Bertz CT molecular complexity index is 661. The van der Waals surface area contributed by atoms with Crippen LogP contribution in [0.1, 0.15) is 25.7 Å². The largest absolute Gasteiger partial charge is 0.383 e. The SMILES string of the molecule is C=C(C)C(=O)NC(C)c1nc2ccccc2n1CCOC. The fourth-order valence-electron chi connectivity index (χ4n) is 2.23. The first kappa shape index (κ1) is 15.3. The van der Waals surface area contributed by atoms with Gasteiger partial charge in [-0.1, -0.05) is 18.7 Å². The van der Waals surface area contributed by atoms with E-state index in [9.17, 15) is 4.79 Å². The van der Waals surface area contributed by atoms with Crippen molar-refractivity contribution in [2.45, 2.75) is 26.4 Å². The standard InChI is InChI=1S/C16H21N3O2/c1-11(2)16(20)17-12(3)15-18-13-7-5-6-8-14(13)19(15)9-10-21-4/h5-8,12H,1,9-10H2,2-4H3,(H,17,20). The van der Waals surface area contributed by atoms with Crippen molar-refractivity contribution in [1.29, 1.82) is 0 Å². The predicted octanol–water partition coefficient (Wildman–Crippen LogP) is 2.44. The minimum absolute atomic E-state index is 0.159. The van der Waals surface area contributed by atoms with Gasteiger partial charge in [-0.05, 0) is 26.0 Å². The molecule has 1 aromatic heterocycles. The number of carbonyl (C=O) groups is 1. The van der Waals surface area contributed by atoms with E-state index in [1.807, 2.05) is 31.2 Å². The Kier molecular flexibility index (Phi) is 4.75. The van der Waals surface area contributed by atoms with Gasteiger partial charge in [0.1, 0.15) is 5.82 Å². The number of amides is 1. The molecule has 0 aliphatic rings. The minimum atomic E-state index is -0.196. The van der Waals surface area contributed by atoms with Crippen molar-refractivity contribution in [3.05, 3.63) is 42.2 Å². The zero-order chi connectivity index (χ0) is 15.4. The van der Waals surface area contributed by atoms with Crippen LogP contribution in [0.2, 0.25) is 0 Å². The second kappa shape index (κ2) is 6.54. The molecule has 2 aromatic rings. The molecule has 112 valence electrons. The van der Waals surface area contributed by atoms with Gasteiger partial charge in [-0.2, -0.15) is 0 Å². The summed E-state index contributed by atoms with van der Waals surface area (Å²) in [7, 11) is 1.67. The molecule has 0 aliphatic carbocycles. The molecule has 0 aliphatic heterocycles. The van der Waals surface area contributed by atoms with Gasteiger partial charge in [-0.15, -0.1) is 0 Å². The highest BCUT2D eigenvalue weighted by atomic mass is 16.5. The van der Waals surface area contributed by atoms with Crippen LogP contribution in [0.25, 0.3) is 11.0 Å². The van der Waals surface area contributed by atoms with Crippen LogP contribution in [0.4, 0.5) is 0 Å². The maximum atomic E-state index is 11.8. The van der Waals surface area contributed by atoms with E-state index in [4.69, 9.17) is 4.74 Å². The van der Waals surface area contributed by atoms with Crippen molar-refractivity contribution >= 4 is 16.9 Å². The number of fused-ring (bicyclic) bond motifs is 1. The molecule has 0 saturated carbocycles. The van der Waals surface area contributed by atoms with E-state index in [1.54, 1.807) is 14.0 Å². The van der Waals surface area contributed by atoms with Crippen molar-refractivity contribution in [3.8, 4) is 0 Å². The van der Waals surface area contributed by atoms with E-state index in [0.717, 1.165) is 16.9 Å². The highest BCUT2D eigenvalue weighted by Crippen LogP contribution is 2.21. The molecule has 1 N–H and O–H groups in total. The van der Waals surface area contributed by atoms with Crippen LogP contribution in [0.15, 0.2) is 36.4 Å². The third-order valence-corrected chi connectivity index (χ3v) is 3.33. The highest BCUT2D eigenvalue weighted by Gasteiger charge is 2.18. The molecule has 0 spiro atoms. The molecule has 0 radical (unpaired) electrons. The number of para-hydroxylation sites is 2. The Morgan fingerprint density at radius 3 is 2.86 bits per heavy atom. The fraction of sp³-hybridized carbons (Fsp3) is 0.375. The lowest BCUT2D eigenvalue weighted by atomic mass is 10.2. The third-order valence-electron chi connectivity index (χ3n) is 3.33. The number of hydrogen-bond acceptors (Lipinski definition) is 3. The average molecular weight is 287 g/mol. The highest BCUT2D eigenvalue weighted by molar-refractivity contribution is 5.92. The Morgan fingerprint density at radius 2 is 2.19 bits per heavy atom. The zero-order valence-corrected chi connectivity index (χ0v) is 12.7. The molecule has 0 fully saturated rings. The van der Waals surface area contributed by atoms with Crippen LogP contribution >= 0.6 is 0 Å².